The minimum absolute atomic E-state index is 0.00642. The first-order valence-corrected chi connectivity index (χ1v) is 21.8. The predicted octanol–water partition coefficient (Wildman–Crippen LogP) is 3.05. The fraction of sp³-hybridized carbons (Fsp3) is 0.360. The first-order valence-electron chi connectivity index (χ1n) is 21.8. The van der Waals surface area contributed by atoms with Crippen LogP contribution in [0.1, 0.15) is 86.0 Å². The highest BCUT2D eigenvalue weighted by molar-refractivity contribution is 6.10. The Kier molecular flexibility index (Phi) is 10.9. The van der Waals surface area contributed by atoms with E-state index in [4.69, 9.17) is 0 Å². The third-order valence-electron chi connectivity index (χ3n) is 13.9. The zero-order valence-corrected chi connectivity index (χ0v) is 35.9. The minimum Gasteiger partial charge on any atom is -0.376 e. The number of hydrogen-bond acceptors (Lipinski definition) is 11. The van der Waals surface area contributed by atoms with Crippen LogP contribution in [0.2, 0.25) is 0 Å². The number of hydrogen-bond donors (Lipinski definition) is 3. The topological polar surface area (TPSA) is 181 Å². The Balaban J connectivity index is 0.857. The maximum Gasteiger partial charge on any atom is 0.241 e. The predicted molar refractivity (Wildman–Crippen MR) is 242 cm³/mol. The van der Waals surface area contributed by atoms with Crippen molar-refractivity contribution in [3.8, 4) is 6.07 Å². The molecule has 5 heterocycles. The Morgan fingerprint density at radius 3 is 2.30 bits per heavy atom. The Labute approximate surface area is 368 Å². The zero-order valence-electron chi connectivity index (χ0n) is 35.9. The number of fused-ring (bicyclic) bond motifs is 5. The van der Waals surface area contributed by atoms with Gasteiger partial charge in [0.1, 0.15) is 39.9 Å². The van der Waals surface area contributed by atoms with Crippen LogP contribution < -0.4 is 26.2 Å². The summed E-state index contributed by atoms with van der Waals surface area (Å²) in [6.07, 6.45) is 3.25. The van der Waals surface area contributed by atoms with Crippen LogP contribution in [0.3, 0.4) is 0 Å². The summed E-state index contributed by atoms with van der Waals surface area (Å²) < 4.78 is 1.40. The number of amides is 1. The van der Waals surface area contributed by atoms with Gasteiger partial charge in [0, 0.05) is 101 Å². The molecule has 2 aromatic heterocycles. The second kappa shape index (κ2) is 16.7. The van der Waals surface area contributed by atoms with E-state index in [0.29, 0.717) is 46.7 Å². The molecule has 9 rings (SSSR count). The molecule has 4 aliphatic rings. The van der Waals surface area contributed by atoms with Crippen molar-refractivity contribution in [1.82, 2.24) is 24.7 Å². The fourth-order valence-electron chi connectivity index (χ4n) is 10.6. The van der Waals surface area contributed by atoms with Gasteiger partial charge in [-0.1, -0.05) is 39.0 Å². The lowest BCUT2D eigenvalue weighted by Gasteiger charge is -2.44. The van der Waals surface area contributed by atoms with E-state index < -0.39 is 11.5 Å². The zero-order chi connectivity index (χ0) is 44.9. The number of piperazine rings is 1. The van der Waals surface area contributed by atoms with Gasteiger partial charge in [-0.15, -0.1) is 0 Å². The molecular weight excluding hydrogens is 809 g/mol. The molecule has 1 aliphatic carbocycles. The van der Waals surface area contributed by atoms with Crippen LogP contribution in [0.5, 0.6) is 0 Å². The molecule has 1 amide bonds. The number of aryl methyl sites for hydroxylation is 1. The summed E-state index contributed by atoms with van der Waals surface area (Å²) in [6.45, 7) is 10.9. The molecule has 0 saturated carbocycles. The number of H-pyrrole nitrogens is 1. The minimum atomic E-state index is -0.787. The number of nitriles is 1. The quantitative estimate of drug-likeness (QED) is 0.205. The molecule has 3 aliphatic heterocycles. The lowest BCUT2D eigenvalue weighted by molar-refractivity contribution is -0.131. The number of nitrogens with one attached hydrogen (secondary N) is 3. The van der Waals surface area contributed by atoms with E-state index in [9.17, 15) is 34.0 Å². The van der Waals surface area contributed by atoms with Gasteiger partial charge in [0.05, 0.1) is 29.8 Å². The van der Waals surface area contributed by atoms with Crippen molar-refractivity contribution in [3.63, 3.8) is 0 Å². The van der Waals surface area contributed by atoms with E-state index in [2.05, 4.69) is 70.3 Å². The SMILES string of the molecule is CCc1cc2c(cc1N1CCC(N3CCN(C(=O)CNc4cccc5c(=C=O)n(C6CCC(=C=O)NC6=C=O)c(=C=O)c45)CC3)CC1)C(C)(C)c1[nH]c3cc(C#N)ccc3c1C2=C=O. The highest BCUT2D eigenvalue weighted by Gasteiger charge is 2.40. The third-order valence-corrected chi connectivity index (χ3v) is 13.9. The van der Waals surface area contributed by atoms with Gasteiger partial charge in [-0.05, 0) is 72.7 Å². The van der Waals surface area contributed by atoms with Crippen LogP contribution in [0.25, 0.3) is 27.2 Å². The molecule has 0 bridgehead atoms. The molecule has 5 aromatic rings. The number of allylic oxidation sites excluding steroid dienone is 2. The lowest BCUT2D eigenvalue weighted by atomic mass is 9.69. The summed E-state index contributed by atoms with van der Waals surface area (Å²) in [4.78, 5) is 84.8. The van der Waals surface area contributed by atoms with Crippen molar-refractivity contribution >= 4 is 74.2 Å². The van der Waals surface area contributed by atoms with Crippen LogP contribution in [-0.2, 0) is 40.6 Å². The summed E-state index contributed by atoms with van der Waals surface area (Å²) in [6, 6.07) is 16.9. The molecule has 14 heteroatoms. The van der Waals surface area contributed by atoms with Gasteiger partial charge in [0.25, 0.3) is 0 Å². The van der Waals surface area contributed by atoms with E-state index >= 15 is 0 Å². The number of anilines is 2. The molecule has 0 spiro atoms. The highest BCUT2D eigenvalue weighted by Crippen LogP contribution is 2.50. The number of aromatic amines is 1. The van der Waals surface area contributed by atoms with Crippen molar-refractivity contribution in [2.24, 2.45) is 0 Å². The molecule has 1 unspecified atom stereocenters. The van der Waals surface area contributed by atoms with E-state index in [0.717, 1.165) is 78.7 Å². The first kappa shape index (κ1) is 41.9. The molecule has 64 heavy (non-hydrogen) atoms. The number of carbonyl (C=O) groups excluding carboxylic acids is 6. The molecule has 14 nitrogen and oxygen atoms in total. The monoisotopic (exact) mass is 854 g/mol. The van der Waals surface area contributed by atoms with Crippen LogP contribution in [0.15, 0.2) is 59.9 Å². The molecule has 322 valence electrons. The largest absolute Gasteiger partial charge is 0.376 e. The van der Waals surface area contributed by atoms with Crippen molar-refractivity contribution in [2.45, 2.75) is 70.4 Å². The Morgan fingerprint density at radius 1 is 0.859 bits per heavy atom. The van der Waals surface area contributed by atoms with Gasteiger partial charge in [0.15, 0.2) is 11.9 Å². The smallest absolute Gasteiger partial charge is 0.241 e. The summed E-state index contributed by atoms with van der Waals surface area (Å²) in [5.74, 6) is 9.64. The van der Waals surface area contributed by atoms with E-state index in [1.807, 2.05) is 28.9 Å². The van der Waals surface area contributed by atoms with Crippen molar-refractivity contribution in [3.05, 3.63) is 104 Å². The number of aromatic nitrogens is 2. The fourth-order valence-corrected chi connectivity index (χ4v) is 10.6. The van der Waals surface area contributed by atoms with Crippen LogP contribution in [0.4, 0.5) is 11.4 Å². The summed E-state index contributed by atoms with van der Waals surface area (Å²) >= 11 is 0. The van der Waals surface area contributed by atoms with Crippen molar-refractivity contribution in [2.75, 3.05) is 56.0 Å². The maximum atomic E-state index is 13.6. The molecule has 3 aromatic carbocycles. The molecule has 1 atom stereocenters. The highest BCUT2D eigenvalue weighted by atomic mass is 16.2. The molecule has 3 saturated heterocycles. The second-order valence-electron chi connectivity index (χ2n) is 17.5. The number of piperidine rings is 2. The van der Waals surface area contributed by atoms with Gasteiger partial charge >= 0.3 is 0 Å². The van der Waals surface area contributed by atoms with Crippen molar-refractivity contribution in [1.29, 1.82) is 5.26 Å². The van der Waals surface area contributed by atoms with Gasteiger partial charge in [-0.3, -0.25) is 9.69 Å². The van der Waals surface area contributed by atoms with Gasteiger partial charge < -0.3 is 30.0 Å². The maximum absolute atomic E-state index is 13.6. The number of rotatable bonds is 7. The van der Waals surface area contributed by atoms with E-state index in [-0.39, 0.29) is 47.4 Å². The van der Waals surface area contributed by atoms with E-state index in [1.165, 1.54) is 15.8 Å². The van der Waals surface area contributed by atoms with Gasteiger partial charge in [0.2, 0.25) is 5.91 Å². The van der Waals surface area contributed by atoms with Crippen LogP contribution >= 0.6 is 0 Å². The Bertz CT molecular complexity index is 3160. The Morgan fingerprint density at radius 2 is 1.62 bits per heavy atom. The molecule has 3 fully saturated rings. The lowest BCUT2D eigenvalue weighted by Crippen LogP contribution is -2.55. The first-order chi connectivity index (χ1) is 31.1. The van der Waals surface area contributed by atoms with Crippen LogP contribution in [0, 0.1) is 11.3 Å². The second-order valence-corrected chi connectivity index (χ2v) is 17.5. The average molecular weight is 855 g/mol. The Hall–Kier alpha value is -7.43. The number of benzene rings is 3. The standard InChI is InChI=1S/C50H46N8O6/c1-4-31-21-36-37(26-60)47-34-10-8-30(23-51)20-40(34)54-49(47)50(2,3)38(36)22-43(31)56-14-12-33(13-15-56)55-16-18-57(19-17-55)46(64)24-52-39-7-5-6-35-44(28-62)58(45(29-63)48(35)39)42-11-9-32(25-59)53-41(42)27-61/h5-8,10,20-22,33,42,52-54H,4,9,11-19,24H2,1-3H3. The summed E-state index contributed by atoms with van der Waals surface area (Å²) in [5, 5.41) is 17.2. The normalized spacial score (nSPS) is 18.5. The van der Waals surface area contributed by atoms with Gasteiger partial charge in [-0.2, -0.15) is 5.26 Å². The molecule has 0 radical (unpaired) electrons. The van der Waals surface area contributed by atoms with Crippen molar-refractivity contribution < 1.29 is 28.8 Å². The van der Waals surface area contributed by atoms with E-state index in [1.54, 1.807) is 36.1 Å². The summed E-state index contributed by atoms with van der Waals surface area (Å²) in [7, 11) is 0. The number of carbonyl (C=O) groups is 1. The average Bonchev–Trinajstić information content (AvgIpc) is 3.89. The van der Waals surface area contributed by atoms with Gasteiger partial charge in [-0.25, -0.2) is 24.0 Å². The molecular formula is C50H46N8O6. The summed E-state index contributed by atoms with van der Waals surface area (Å²) in [5.41, 5.74) is 8.32. The number of nitrogens with zero attached hydrogens (tertiary/aromatic N) is 5. The third kappa shape index (κ3) is 6.82. The van der Waals surface area contributed by atoms with Crippen LogP contribution in [-0.4, -0.2) is 107 Å². The molecule has 3 N–H and O–H groups in total.